The fourth-order valence-electron chi connectivity index (χ4n) is 2.60. The highest BCUT2D eigenvalue weighted by Gasteiger charge is 2.16. The van der Waals surface area contributed by atoms with Crippen molar-refractivity contribution in [1.82, 2.24) is 14.8 Å². The highest BCUT2D eigenvalue weighted by molar-refractivity contribution is 7.99. The molecule has 2 heterocycles. The summed E-state index contributed by atoms with van der Waals surface area (Å²) in [6, 6.07) is 12.2. The van der Waals surface area contributed by atoms with Crippen LogP contribution in [0.4, 0.5) is 0 Å². The topological polar surface area (TPSA) is 47.8 Å². The van der Waals surface area contributed by atoms with E-state index in [4.69, 9.17) is 0 Å². The number of hydrogen-bond acceptors (Lipinski definition) is 5. The van der Waals surface area contributed by atoms with Gasteiger partial charge in [0.05, 0.1) is 10.6 Å². The summed E-state index contributed by atoms with van der Waals surface area (Å²) in [5, 5.41) is 9.53. The van der Waals surface area contributed by atoms with Crippen LogP contribution in [0.5, 0.6) is 0 Å². The minimum atomic E-state index is 0.145. The van der Waals surface area contributed by atoms with E-state index in [0.717, 1.165) is 39.3 Å². The molecule has 0 fully saturated rings. The SMILES string of the molecule is CCCn1c(SCC(=O)c2ccc(C)s2)nnc1-c1cccc(C)c1. The summed E-state index contributed by atoms with van der Waals surface area (Å²) in [7, 11) is 0. The van der Waals surface area contributed by atoms with Crippen molar-refractivity contribution in [3.8, 4) is 11.4 Å². The van der Waals surface area contributed by atoms with Crippen molar-refractivity contribution in [2.45, 2.75) is 38.9 Å². The number of ketones is 1. The van der Waals surface area contributed by atoms with Crippen LogP contribution in [0.25, 0.3) is 11.4 Å². The highest BCUT2D eigenvalue weighted by Crippen LogP contribution is 2.26. The minimum absolute atomic E-state index is 0.145. The number of hydrogen-bond donors (Lipinski definition) is 0. The van der Waals surface area contributed by atoms with E-state index in [-0.39, 0.29) is 5.78 Å². The summed E-state index contributed by atoms with van der Waals surface area (Å²) in [5.74, 6) is 1.40. The monoisotopic (exact) mass is 371 g/mol. The molecule has 3 aromatic rings. The Morgan fingerprint density at radius 1 is 1.20 bits per heavy atom. The van der Waals surface area contributed by atoms with Crippen molar-refractivity contribution in [1.29, 1.82) is 0 Å². The van der Waals surface area contributed by atoms with Crippen molar-refractivity contribution in [3.63, 3.8) is 0 Å². The summed E-state index contributed by atoms with van der Waals surface area (Å²) in [4.78, 5) is 14.3. The van der Waals surface area contributed by atoms with Gasteiger partial charge in [0.1, 0.15) is 0 Å². The van der Waals surface area contributed by atoms with E-state index in [9.17, 15) is 4.79 Å². The molecule has 1 aromatic carbocycles. The van der Waals surface area contributed by atoms with E-state index in [1.54, 1.807) is 11.3 Å². The molecule has 0 aliphatic carbocycles. The molecule has 0 bridgehead atoms. The predicted octanol–water partition coefficient (Wildman–Crippen LogP) is 5.01. The Kier molecular flexibility index (Phi) is 5.71. The molecule has 0 N–H and O–H groups in total. The van der Waals surface area contributed by atoms with Gasteiger partial charge in [0.25, 0.3) is 0 Å². The number of thioether (sulfide) groups is 1. The van der Waals surface area contributed by atoms with Gasteiger partial charge in [-0.25, -0.2) is 0 Å². The third kappa shape index (κ3) is 4.19. The lowest BCUT2D eigenvalue weighted by Gasteiger charge is -2.09. The van der Waals surface area contributed by atoms with Gasteiger partial charge in [-0.15, -0.1) is 21.5 Å². The smallest absolute Gasteiger partial charge is 0.191 e. The molecule has 0 atom stereocenters. The first-order valence-electron chi connectivity index (χ1n) is 8.31. The quantitative estimate of drug-likeness (QED) is 0.433. The number of aromatic nitrogens is 3. The number of thiophene rings is 1. The Morgan fingerprint density at radius 2 is 2.04 bits per heavy atom. The van der Waals surface area contributed by atoms with E-state index in [1.807, 2.05) is 25.1 Å². The molecule has 6 heteroatoms. The lowest BCUT2D eigenvalue weighted by molar-refractivity contribution is 0.102. The molecule has 130 valence electrons. The number of carbonyl (C=O) groups excluding carboxylic acids is 1. The van der Waals surface area contributed by atoms with Crippen LogP contribution >= 0.6 is 23.1 Å². The molecule has 4 nitrogen and oxygen atoms in total. The largest absolute Gasteiger partial charge is 0.302 e. The van der Waals surface area contributed by atoms with Crippen LogP contribution in [-0.2, 0) is 6.54 Å². The maximum absolute atomic E-state index is 12.4. The second kappa shape index (κ2) is 7.97. The van der Waals surface area contributed by atoms with Gasteiger partial charge in [-0.2, -0.15) is 0 Å². The molecule has 0 saturated carbocycles. The molecule has 0 unspecified atom stereocenters. The third-order valence-electron chi connectivity index (χ3n) is 3.79. The zero-order valence-electron chi connectivity index (χ0n) is 14.7. The molecular weight excluding hydrogens is 350 g/mol. The first-order chi connectivity index (χ1) is 12.1. The lowest BCUT2D eigenvalue weighted by Crippen LogP contribution is -2.05. The van der Waals surface area contributed by atoms with E-state index in [0.29, 0.717) is 5.75 Å². The Hall–Kier alpha value is -1.92. The zero-order valence-corrected chi connectivity index (χ0v) is 16.3. The molecule has 0 spiro atoms. The lowest BCUT2D eigenvalue weighted by atomic mass is 10.1. The maximum Gasteiger partial charge on any atom is 0.191 e. The Bertz CT molecular complexity index is 882. The first kappa shape index (κ1) is 17.9. The van der Waals surface area contributed by atoms with Crippen LogP contribution in [0.2, 0.25) is 0 Å². The fraction of sp³-hybridized carbons (Fsp3) is 0.316. The average molecular weight is 372 g/mol. The van der Waals surface area contributed by atoms with Crippen molar-refractivity contribution in [2.24, 2.45) is 0 Å². The van der Waals surface area contributed by atoms with E-state index in [1.165, 1.54) is 17.3 Å². The van der Waals surface area contributed by atoms with Crippen molar-refractivity contribution in [2.75, 3.05) is 5.75 Å². The Balaban J connectivity index is 1.81. The van der Waals surface area contributed by atoms with Gasteiger partial charge in [-0.3, -0.25) is 4.79 Å². The number of nitrogens with zero attached hydrogens (tertiary/aromatic N) is 3. The fourth-order valence-corrected chi connectivity index (χ4v) is 4.35. The van der Waals surface area contributed by atoms with Crippen LogP contribution in [-0.4, -0.2) is 26.3 Å². The summed E-state index contributed by atoms with van der Waals surface area (Å²) < 4.78 is 2.12. The molecule has 25 heavy (non-hydrogen) atoms. The van der Waals surface area contributed by atoms with Crippen LogP contribution in [0.15, 0.2) is 41.6 Å². The van der Waals surface area contributed by atoms with Crippen LogP contribution < -0.4 is 0 Å². The number of carbonyl (C=O) groups is 1. The summed E-state index contributed by atoms with van der Waals surface area (Å²) in [5.41, 5.74) is 2.26. The van der Waals surface area contributed by atoms with Gasteiger partial charge < -0.3 is 4.57 Å². The van der Waals surface area contributed by atoms with Gasteiger partial charge in [0.15, 0.2) is 16.8 Å². The van der Waals surface area contributed by atoms with Crippen LogP contribution in [0.1, 0.15) is 33.5 Å². The van der Waals surface area contributed by atoms with Gasteiger partial charge in [-0.1, -0.05) is 42.4 Å². The second-order valence-corrected chi connectivity index (χ2v) is 8.18. The highest BCUT2D eigenvalue weighted by atomic mass is 32.2. The van der Waals surface area contributed by atoms with E-state index >= 15 is 0 Å². The van der Waals surface area contributed by atoms with Crippen molar-refractivity contribution in [3.05, 3.63) is 51.7 Å². The molecular formula is C19H21N3OS2. The summed E-state index contributed by atoms with van der Waals surface area (Å²) >= 11 is 3.01. The van der Waals surface area contributed by atoms with E-state index < -0.39 is 0 Å². The van der Waals surface area contributed by atoms with Gasteiger partial charge in [-0.05, 0) is 38.5 Å². The number of aryl methyl sites for hydroxylation is 2. The minimum Gasteiger partial charge on any atom is -0.302 e. The van der Waals surface area contributed by atoms with Gasteiger partial charge in [0.2, 0.25) is 0 Å². The molecule has 2 aromatic heterocycles. The zero-order chi connectivity index (χ0) is 17.8. The average Bonchev–Trinajstić information content (AvgIpc) is 3.20. The molecule has 0 aliphatic heterocycles. The number of benzene rings is 1. The van der Waals surface area contributed by atoms with Crippen molar-refractivity contribution < 1.29 is 4.79 Å². The third-order valence-corrected chi connectivity index (χ3v) is 5.80. The number of Topliss-reactive ketones (excluding diaryl/α,β-unsaturated/α-hetero) is 1. The second-order valence-electron chi connectivity index (χ2n) is 5.95. The maximum atomic E-state index is 12.4. The van der Waals surface area contributed by atoms with Crippen LogP contribution in [0.3, 0.4) is 0 Å². The summed E-state index contributed by atoms with van der Waals surface area (Å²) in [6.07, 6.45) is 0.989. The van der Waals surface area contributed by atoms with Gasteiger partial charge in [0, 0.05) is 17.0 Å². The van der Waals surface area contributed by atoms with E-state index in [2.05, 4.69) is 46.8 Å². The number of rotatable bonds is 7. The summed E-state index contributed by atoms with van der Waals surface area (Å²) in [6.45, 7) is 7.06. The predicted molar refractivity (Wildman–Crippen MR) is 105 cm³/mol. The molecule has 0 radical (unpaired) electrons. The first-order valence-corrected chi connectivity index (χ1v) is 10.1. The van der Waals surface area contributed by atoms with Crippen molar-refractivity contribution >= 4 is 28.9 Å². The molecule has 0 amide bonds. The molecule has 0 aliphatic rings. The molecule has 0 saturated heterocycles. The van der Waals surface area contributed by atoms with Crippen LogP contribution in [0, 0.1) is 13.8 Å². The van der Waals surface area contributed by atoms with Gasteiger partial charge >= 0.3 is 0 Å². The Morgan fingerprint density at radius 3 is 2.72 bits per heavy atom. The molecule has 3 rings (SSSR count). The normalized spacial score (nSPS) is 11.0. The standard InChI is InChI=1S/C19H21N3OS2/c1-4-10-22-18(15-7-5-6-13(2)11-15)20-21-19(22)24-12-16(23)17-9-8-14(3)25-17/h5-9,11H,4,10,12H2,1-3H3. The Labute approximate surface area is 156 Å².